The number of hydrogen-bond donors (Lipinski definition) is 1. The Hall–Kier alpha value is -2.92. The maximum atomic E-state index is 12.6. The summed E-state index contributed by atoms with van der Waals surface area (Å²) in [5.74, 6) is 0.342. The highest BCUT2D eigenvalue weighted by Crippen LogP contribution is 2.26. The first-order valence-electron chi connectivity index (χ1n) is 9.01. The van der Waals surface area contributed by atoms with E-state index in [0.29, 0.717) is 12.3 Å². The number of aromatic nitrogens is 2. The van der Waals surface area contributed by atoms with Crippen molar-refractivity contribution in [1.29, 1.82) is 0 Å². The Kier molecular flexibility index (Phi) is 4.77. The molecule has 0 radical (unpaired) electrons. The Labute approximate surface area is 162 Å². The Morgan fingerprint density at radius 1 is 1.11 bits per heavy atom. The van der Waals surface area contributed by atoms with Gasteiger partial charge in [0.05, 0.1) is 12.1 Å². The third kappa shape index (κ3) is 3.64. The van der Waals surface area contributed by atoms with Crippen molar-refractivity contribution in [1.82, 2.24) is 9.38 Å². The van der Waals surface area contributed by atoms with Crippen molar-refractivity contribution in [3.8, 4) is 11.3 Å². The molecule has 0 atom stereocenters. The Balaban J connectivity index is 1.55. The number of anilines is 1. The average molecular weight is 375 g/mol. The van der Waals surface area contributed by atoms with Crippen LogP contribution in [0, 0.1) is 0 Å². The minimum Gasteiger partial charge on any atom is -0.325 e. The van der Waals surface area contributed by atoms with Crippen molar-refractivity contribution < 1.29 is 4.79 Å². The number of fused-ring (bicyclic) bond motifs is 1. The van der Waals surface area contributed by atoms with E-state index in [1.54, 1.807) is 11.3 Å². The van der Waals surface area contributed by atoms with Crippen LogP contribution in [0.4, 0.5) is 5.69 Å². The zero-order chi connectivity index (χ0) is 18.8. The topological polar surface area (TPSA) is 46.4 Å². The first kappa shape index (κ1) is 17.5. The van der Waals surface area contributed by atoms with E-state index in [1.165, 1.54) is 0 Å². The molecule has 0 aliphatic carbocycles. The van der Waals surface area contributed by atoms with E-state index < -0.39 is 0 Å². The second-order valence-electron chi connectivity index (χ2n) is 6.84. The number of nitrogens with zero attached hydrogens (tertiary/aromatic N) is 2. The maximum absolute atomic E-state index is 12.6. The van der Waals surface area contributed by atoms with Crippen molar-refractivity contribution in [3.05, 3.63) is 77.4 Å². The minimum atomic E-state index is -0.0160. The van der Waals surface area contributed by atoms with Crippen LogP contribution in [0.25, 0.3) is 16.2 Å². The fraction of sp³-hybridized carbons (Fsp3) is 0.182. The van der Waals surface area contributed by atoms with Gasteiger partial charge in [0.15, 0.2) is 4.96 Å². The van der Waals surface area contributed by atoms with Crippen LogP contribution >= 0.6 is 11.3 Å². The van der Waals surface area contributed by atoms with Crippen molar-refractivity contribution in [3.63, 3.8) is 0 Å². The molecule has 2 heterocycles. The number of amides is 1. The van der Waals surface area contributed by atoms with Gasteiger partial charge < -0.3 is 5.32 Å². The van der Waals surface area contributed by atoms with Gasteiger partial charge >= 0.3 is 0 Å². The van der Waals surface area contributed by atoms with Gasteiger partial charge in [0.2, 0.25) is 5.91 Å². The summed E-state index contributed by atoms with van der Waals surface area (Å²) in [7, 11) is 0. The van der Waals surface area contributed by atoms with Crippen LogP contribution < -0.4 is 5.32 Å². The summed E-state index contributed by atoms with van der Waals surface area (Å²) in [5.41, 5.74) is 4.99. The summed E-state index contributed by atoms with van der Waals surface area (Å²) >= 11 is 1.56. The van der Waals surface area contributed by atoms with Crippen LogP contribution in [0.2, 0.25) is 0 Å². The van der Waals surface area contributed by atoms with Crippen LogP contribution in [0.15, 0.2) is 66.2 Å². The molecular weight excluding hydrogens is 354 g/mol. The zero-order valence-corrected chi connectivity index (χ0v) is 16.2. The van der Waals surface area contributed by atoms with Gasteiger partial charge in [-0.15, -0.1) is 11.3 Å². The predicted octanol–water partition coefficient (Wildman–Crippen LogP) is 5.37. The van der Waals surface area contributed by atoms with Gasteiger partial charge in [-0.2, -0.15) is 0 Å². The van der Waals surface area contributed by atoms with Gasteiger partial charge in [-0.1, -0.05) is 62.4 Å². The molecule has 0 unspecified atom stereocenters. The third-order valence-electron chi connectivity index (χ3n) is 4.55. The van der Waals surface area contributed by atoms with Gasteiger partial charge in [-0.25, -0.2) is 4.98 Å². The molecule has 4 nitrogen and oxygen atoms in total. The number of benzene rings is 2. The number of para-hydroxylation sites is 1. The fourth-order valence-electron chi connectivity index (χ4n) is 3.18. The van der Waals surface area contributed by atoms with Gasteiger partial charge in [0, 0.05) is 28.5 Å². The largest absolute Gasteiger partial charge is 0.325 e. The lowest BCUT2D eigenvalue weighted by Gasteiger charge is -2.13. The van der Waals surface area contributed by atoms with Gasteiger partial charge in [0.25, 0.3) is 0 Å². The summed E-state index contributed by atoms with van der Waals surface area (Å²) in [6.07, 6.45) is 2.32. The van der Waals surface area contributed by atoms with Crippen molar-refractivity contribution >= 4 is 27.9 Å². The minimum absolute atomic E-state index is 0.0160. The van der Waals surface area contributed by atoms with Crippen LogP contribution in [0.3, 0.4) is 0 Å². The number of carbonyl (C=O) groups is 1. The van der Waals surface area contributed by atoms with Crippen LogP contribution in [-0.2, 0) is 11.2 Å². The number of imidazole rings is 1. The quantitative estimate of drug-likeness (QED) is 0.510. The van der Waals surface area contributed by atoms with Crippen molar-refractivity contribution in [2.45, 2.75) is 26.2 Å². The molecule has 1 amide bonds. The van der Waals surface area contributed by atoms with Gasteiger partial charge in [-0.05, 0) is 17.5 Å². The Morgan fingerprint density at radius 3 is 2.63 bits per heavy atom. The molecule has 27 heavy (non-hydrogen) atoms. The second-order valence-corrected chi connectivity index (χ2v) is 7.68. The van der Waals surface area contributed by atoms with E-state index in [0.717, 1.165) is 33.2 Å². The van der Waals surface area contributed by atoms with Gasteiger partial charge in [0.1, 0.15) is 0 Å². The zero-order valence-electron chi connectivity index (χ0n) is 15.3. The third-order valence-corrected chi connectivity index (χ3v) is 5.44. The highest BCUT2D eigenvalue weighted by molar-refractivity contribution is 7.15. The summed E-state index contributed by atoms with van der Waals surface area (Å²) in [6, 6.07) is 18.1. The predicted molar refractivity (Wildman–Crippen MR) is 111 cm³/mol. The van der Waals surface area contributed by atoms with Crippen molar-refractivity contribution in [2.75, 3.05) is 5.32 Å². The SMILES string of the molecule is CC(C)c1ccccc1NC(=O)Cc1csc2nc(-c3ccccc3)cn12. The highest BCUT2D eigenvalue weighted by atomic mass is 32.1. The molecule has 2 aromatic carbocycles. The van der Waals surface area contributed by atoms with E-state index in [-0.39, 0.29) is 5.91 Å². The number of nitrogens with one attached hydrogen (secondary N) is 1. The van der Waals surface area contributed by atoms with Crippen LogP contribution in [0.5, 0.6) is 0 Å². The normalized spacial score (nSPS) is 11.2. The van der Waals surface area contributed by atoms with E-state index in [9.17, 15) is 4.79 Å². The number of hydrogen-bond acceptors (Lipinski definition) is 3. The molecule has 0 aliphatic heterocycles. The smallest absolute Gasteiger partial charge is 0.230 e. The summed E-state index contributed by atoms with van der Waals surface area (Å²) < 4.78 is 2.01. The molecule has 2 aromatic heterocycles. The van der Waals surface area contributed by atoms with E-state index in [2.05, 4.69) is 30.2 Å². The Bertz CT molecular complexity index is 1080. The molecule has 0 saturated carbocycles. The number of thiazole rings is 1. The molecular formula is C22H21N3OS. The van der Waals surface area contributed by atoms with Crippen LogP contribution in [-0.4, -0.2) is 15.3 Å². The second kappa shape index (κ2) is 7.37. The summed E-state index contributed by atoms with van der Waals surface area (Å²) in [6.45, 7) is 4.26. The van der Waals surface area contributed by atoms with Crippen molar-refractivity contribution in [2.24, 2.45) is 0 Å². The fourth-order valence-corrected chi connectivity index (χ4v) is 4.05. The van der Waals surface area contributed by atoms with E-state index >= 15 is 0 Å². The van der Waals surface area contributed by atoms with Crippen LogP contribution in [0.1, 0.15) is 31.0 Å². The number of rotatable bonds is 5. The first-order chi connectivity index (χ1) is 13.1. The standard InChI is InChI=1S/C22H21N3OS/c1-15(2)18-10-6-7-11-19(18)23-21(26)12-17-14-27-22-24-20(13-25(17)22)16-8-4-3-5-9-16/h3-11,13-15H,12H2,1-2H3,(H,23,26). The lowest BCUT2D eigenvalue weighted by Crippen LogP contribution is -2.16. The average Bonchev–Trinajstić information content (AvgIpc) is 3.25. The first-order valence-corrected chi connectivity index (χ1v) is 9.89. The van der Waals surface area contributed by atoms with E-state index in [1.807, 2.05) is 64.5 Å². The lowest BCUT2D eigenvalue weighted by atomic mass is 10.0. The summed E-state index contributed by atoms with van der Waals surface area (Å²) in [4.78, 5) is 18.2. The van der Waals surface area contributed by atoms with Gasteiger partial charge in [-0.3, -0.25) is 9.20 Å². The molecule has 136 valence electrons. The molecule has 0 spiro atoms. The molecule has 1 N–H and O–H groups in total. The monoisotopic (exact) mass is 375 g/mol. The highest BCUT2D eigenvalue weighted by Gasteiger charge is 2.14. The molecule has 0 saturated heterocycles. The molecule has 0 aliphatic rings. The molecule has 0 fully saturated rings. The number of carbonyl (C=O) groups excluding carboxylic acids is 1. The van der Waals surface area contributed by atoms with E-state index in [4.69, 9.17) is 0 Å². The maximum Gasteiger partial charge on any atom is 0.230 e. The molecule has 5 heteroatoms. The molecule has 4 aromatic rings. The molecule has 4 rings (SSSR count). The Morgan fingerprint density at radius 2 is 1.85 bits per heavy atom. The lowest BCUT2D eigenvalue weighted by molar-refractivity contribution is -0.115. The molecule has 0 bridgehead atoms. The summed E-state index contributed by atoms with van der Waals surface area (Å²) in [5, 5.41) is 5.07.